The molecule has 17 heteroatoms. The number of rotatable bonds is 32. The summed E-state index contributed by atoms with van der Waals surface area (Å²) < 4.78 is 38.1. The van der Waals surface area contributed by atoms with E-state index >= 15 is 0 Å². The molecule has 0 aromatic heterocycles. The van der Waals surface area contributed by atoms with Crippen LogP contribution < -0.4 is 16.0 Å². The summed E-state index contributed by atoms with van der Waals surface area (Å²) in [5.74, 6) is -0.576. The Bertz CT molecular complexity index is 1390. The number of nitrogens with zero attached hydrogens (tertiary/aromatic N) is 2. The molecule has 334 valence electrons. The molecule has 3 atom stereocenters. The molecule has 0 radical (unpaired) electrons. The van der Waals surface area contributed by atoms with E-state index in [4.69, 9.17) is 9.29 Å². The number of amides is 3. The molecule has 0 rings (SSSR count). The smallest absolute Gasteiger partial charge is 0.311 e. The Morgan fingerprint density at radius 3 is 1.89 bits per heavy atom. The molecular weight excluding hydrogens is 791 g/mol. The molecule has 0 heterocycles. The second-order valence-corrected chi connectivity index (χ2v) is 21.0. The molecule has 0 aliphatic rings. The van der Waals surface area contributed by atoms with Gasteiger partial charge < -0.3 is 34.8 Å². The first-order chi connectivity index (χ1) is 26.1. The first-order valence-electron chi connectivity index (χ1n) is 20.4. The number of quaternary nitrogens is 2. The summed E-state index contributed by atoms with van der Waals surface area (Å²) in [6.45, 7) is 15.7. The molecule has 0 saturated heterocycles. The zero-order valence-electron chi connectivity index (χ0n) is 36.6. The number of unbranched alkanes of at least 4 members (excludes halogenated alkanes) is 1. The molecule has 0 saturated carbocycles. The van der Waals surface area contributed by atoms with Gasteiger partial charge in [0.15, 0.2) is 0 Å². The van der Waals surface area contributed by atoms with Gasteiger partial charge in [-0.15, -0.1) is 0 Å². The number of ether oxygens (including phenoxy) is 1. The lowest BCUT2D eigenvalue weighted by atomic mass is 9.64. The number of aliphatic hydroxyl groups is 1. The van der Waals surface area contributed by atoms with Crippen molar-refractivity contribution < 1.29 is 51.0 Å². The van der Waals surface area contributed by atoms with Crippen LogP contribution >= 0.6 is 25.3 Å². The third kappa shape index (κ3) is 24.6. The highest BCUT2D eigenvalue weighted by atomic mass is 32.2. The van der Waals surface area contributed by atoms with Crippen molar-refractivity contribution in [3.05, 3.63) is 12.3 Å². The number of aliphatic hydroxyl groups excluding tert-OH is 1. The molecule has 0 aliphatic heterocycles. The van der Waals surface area contributed by atoms with Crippen molar-refractivity contribution in [1.29, 1.82) is 0 Å². The maximum absolute atomic E-state index is 14.0. The van der Waals surface area contributed by atoms with Crippen molar-refractivity contribution in [3.8, 4) is 0 Å². The van der Waals surface area contributed by atoms with Crippen molar-refractivity contribution in [2.75, 3.05) is 92.1 Å². The highest BCUT2D eigenvalue weighted by Gasteiger charge is 2.49. The Morgan fingerprint density at radius 1 is 0.789 bits per heavy atom. The lowest BCUT2D eigenvalue weighted by molar-refractivity contribution is -0.890. The van der Waals surface area contributed by atoms with Crippen molar-refractivity contribution in [2.45, 2.75) is 110 Å². The third-order valence-electron chi connectivity index (χ3n) is 10.6. The molecule has 57 heavy (non-hydrogen) atoms. The van der Waals surface area contributed by atoms with Crippen molar-refractivity contribution in [2.24, 2.45) is 16.2 Å². The van der Waals surface area contributed by atoms with E-state index in [1.165, 1.54) is 0 Å². The summed E-state index contributed by atoms with van der Waals surface area (Å²) >= 11 is 8.77. The molecule has 14 nitrogen and oxygen atoms in total. The monoisotopic (exact) mass is 870 g/mol. The Morgan fingerprint density at radius 2 is 1.35 bits per heavy atom. The van der Waals surface area contributed by atoms with Gasteiger partial charge >= 0.3 is 5.97 Å². The second kappa shape index (κ2) is 25.5. The van der Waals surface area contributed by atoms with Crippen LogP contribution in [0, 0.1) is 16.2 Å². The Labute approximate surface area is 355 Å². The highest BCUT2D eigenvalue weighted by molar-refractivity contribution is 7.85. The van der Waals surface area contributed by atoms with E-state index in [0.29, 0.717) is 80.3 Å². The average Bonchev–Trinajstić information content (AvgIpc) is 3.07. The van der Waals surface area contributed by atoms with Gasteiger partial charge in [0.05, 0.1) is 65.5 Å². The highest BCUT2D eigenvalue weighted by Crippen LogP contribution is 2.45. The number of hydrogen-bond donors (Lipinski definition) is 7. The topological polar surface area (TPSA) is 188 Å². The normalized spacial score (nSPS) is 15.2. The minimum absolute atomic E-state index is 0.0605. The fourth-order valence-electron chi connectivity index (χ4n) is 7.28. The van der Waals surface area contributed by atoms with Crippen LogP contribution in [0.3, 0.4) is 0 Å². The van der Waals surface area contributed by atoms with Crippen LogP contribution in [0.1, 0.15) is 105 Å². The summed E-state index contributed by atoms with van der Waals surface area (Å²) in [5.41, 5.74) is -3.27. The Kier molecular flexibility index (Phi) is 24.6. The average molecular weight is 870 g/mol. The molecule has 3 unspecified atom stereocenters. The van der Waals surface area contributed by atoms with Gasteiger partial charge in [0.25, 0.3) is 10.1 Å². The maximum Gasteiger partial charge on any atom is 0.311 e. The van der Waals surface area contributed by atoms with Gasteiger partial charge in [0.1, 0.15) is 18.9 Å². The molecule has 3 amide bonds. The van der Waals surface area contributed by atoms with Crippen LogP contribution in [0.5, 0.6) is 0 Å². The zero-order valence-corrected chi connectivity index (χ0v) is 39.2. The van der Waals surface area contributed by atoms with E-state index in [-0.39, 0.29) is 60.5 Å². The second-order valence-electron chi connectivity index (χ2n) is 18.2. The predicted molar refractivity (Wildman–Crippen MR) is 235 cm³/mol. The van der Waals surface area contributed by atoms with Crippen LogP contribution in [0.25, 0.3) is 0 Å². The minimum atomic E-state index is -4.02. The van der Waals surface area contributed by atoms with Gasteiger partial charge in [-0.05, 0) is 51.2 Å². The van der Waals surface area contributed by atoms with E-state index in [9.17, 15) is 32.7 Å². The molecular formula is C40H79N5O9S3+2. The van der Waals surface area contributed by atoms with Crippen molar-refractivity contribution >= 4 is 59.1 Å². The van der Waals surface area contributed by atoms with E-state index in [1.54, 1.807) is 20.8 Å². The number of carbonyl (C=O) groups excluding carboxylic acids is 4. The number of carbonyl (C=O) groups is 4. The van der Waals surface area contributed by atoms with Gasteiger partial charge in [-0.2, -0.15) is 33.7 Å². The number of likely N-dealkylation sites (N-methyl/N-ethyl adjacent to an activating group) is 1. The van der Waals surface area contributed by atoms with E-state index in [2.05, 4.69) is 47.8 Å². The van der Waals surface area contributed by atoms with Gasteiger partial charge in [-0.25, -0.2) is 0 Å². The molecule has 0 aliphatic carbocycles. The summed E-state index contributed by atoms with van der Waals surface area (Å²) in [7, 11) is 3.84. The van der Waals surface area contributed by atoms with Gasteiger partial charge in [0, 0.05) is 54.9 Å². The third-order valence-corrected chi connectivity index (χ3v) is 12.2. The maximum atomic E-state index is 14.0. The van der Waals surface area contributed by atoms with Gasteiger partial charge in [0.2, 0.25) is 17.7 Å². The number of nitrogens with one attached hydrogen (secondary N) is 3. The van der Waals surface area contributed by atoms with Crippen LogP contribution in [0.2, 0.25) is 0 Å². The van der Waals surface area contributed by atoms with E-state index < -0.39 is 32.3 Å². The standard InChI is InChI=1S/C40H77N5O9S3/c1-11-39(5,36(49)43-21-15-24-45(9,10)29-32(2)46)31-40(6,37(50)54-26-22-41-34(47)18-13-12-17-33(56)19-27-55)30-38(3,4)35(48)42-20-14-23-44(7,8)25-16-28-57(51,52)53/h33H,2,11-31H2,1,3-10H3,(H5-2,41,42,43,46,47,48,49,51,52,53,55,56)/p+2. The minimum Gasteiger partial charge on any atom is -0.507 e. The number of esters is 1. The molecule has 0 spiro atoms. The van der Waals surface area contributed by atoms with E-state index in [1.807, 2.05) is 42.0 Å². The van der Waals surface area contributed by atoms with Crippen LogP contribution in [-0.4, -0.2) is 148 Å². The summed E-state index contributed by atoms with van der Waals surface area (Å²) in [6.07, 6.45) is 6.02. The summed E-state index contributed by atoms with van der Waals surface area (Å²) in [5, 5.41) is 18.8. The van der Waals surface area contributed by atoms with Crippen LogP contribution in [-0.2, 0) is 34.0 Å². The zero-order chi connectivity index (χ0) is 44.1. The Hall–Kier alpha value is -2.05. The molecule has 0 bridgehead atoms. The number of hydrogen-bond acceptors (Lipinski definition) is 10. The lowest BCUT2D eigenvalue weighted by Crippen LogP contribution is -2.49. The van der Waals surface area contributed by atoms with Gasteiger partial charge in [-0.1, -0.05) is 40.7 Å². The van der Waals surface area contributed by atoms with Crippen LogP contribution in [0.4, 0.5) is 0 Å². The lowest BCUT2D eigenvalue weighted by Gasteiger charge is -2.40. The quantitative estimate of drug-likeness (QED) is 0.0127. The van der Waals surface area contributed by atoms with Gasteiger partial charge in [-0.3, -0.25) is 23.7 Å². The molecule has 0 aromatic carbocycles. The van der Waals surface area contributed by atoms with E-state index in [0.717, 1.165) is 31.4 Å². The fraction of sp³-hybridized carbons (Fsp3) is 0.850. The predicted octanol–water partition coefficient (Wildman–Crippen LogP) is 4.57. The summed E-state index contributed by atoms with van der Waals surface area (Å²) in [4.78, 5) is 53.9. The Balaban J connectivity index is 5.74. The molecule has 0 fully saturated rings. The summed E-state index contributed by atoms with van der Waals surface area (Å²) in [6, 6.07) is 0. The van der Waals surface area contributed by atoms with Crippen molar-refractivity contribution in [3.63, 3.8) is 0 Å². The first-order valence-corrected chi connectivity index (χ1v) is 23.1. The number of thiol groups is 2. The first kappa shape index (κ1) is 55.0. The molecule has 0 aromatic rings. The van der Waals surface area contributed by atoms with Crippen molar-refractivity contribution in [1.82, 2.24) is 16.0 Å². The van der Waals surface area contributed by atoms with Crippen LogP contribution in [0.15, 0.2) is 12.3 Å². The SMILES string of the molecule is C=C(O)C[N+](C)(C)CCCNC(=O)C(C)(CC)CC(C)(CC(C)(C)C(=O)NCCC[N+](C)(C)CCCS(=O)(=O)O)C(=O)OCCNC(=O)CCCCC(S)CCS. The largest absolute Gasteiger partial charge is 0.507 e. The molecule has 5 N–H and O–H groups in total. The fourth-order valence-corrected chi connectivity index (χ4v) is 8.60.